The normalized spacial score (nSPS) is 24.7. The highest BCUT2D eigenvalue weighted by atomic mass is 16.2. The van der Waals surface area contributed by atoms with Gasteiger partial charge in [0.05, 0.1) is 18.4 Å². The van der Waals surface area contributed by atoms with Crippen molar-refractivity contribution in [2.24, 2.45) is 17.8 Å². The van der Waals surface area contributed by atoms with E-state index in [1.54, 1.807) is 0 Å². The van der Waals surface area contributed by atoms with Gasteiger partial charge in [-0.1, -0.05) is 0 Å². The number of carbonyl (C=O) groups excluding carboxylic acids is 2. The molecule has 0 aromatic carbocycles. The molecule has 120 valence electrons. The second-order valence-electron chi connectivity index (χ2n) is 7.03. The van der Waals surface area contributed by atoms with Gasteiger partial charge < -0.3 is 9.80 Å². The lowest BCUT2D eigenvalue weighted by atomic mass is 9.95. The molecule has 2 saturated carbocycles. The first-order valence-corrected chi connectivity index (χ1v) is 8.63. The summed E-state index contributed by atoms with van der Waals surface area (Å²) in [6.07, 6.45) is 6.63. The van der Waals surface area contributed by atoms with E-state index in [1.165, 1.54) is 12.8 Å². The molecule has 2 aliphatic carbocycles. The number of nitrogens with zero attached hydrogens (tertiary/aromatic N) is 3. The third-order valence-corrected chi connectivity index (χ3v) is 4.99. The number of carbonyl (C=O) groups is 2. The molecular weight excluding hydrogens is 278 g/mol. The number of likely N-dealkylation sites (tertiary alicyclic amines) is 1. The van der Waals surface area contributed by atoms with E-state index in [-0.39, 0.29) is 23.7 Å². The first kappa shape index (κ1) is 15.3. The highest BCUT2D eigenvalue weighted by Gasteiger charge is 2.38. The van der Waals surface area contributed by atoms with Crippen LogP contribution in [0.3, 0.4) is 0 Å². The average molecular weight is 303 g/mol. The van der Waals surface area contributed by atoms with E-state index >= 15 is 0 Å². The molecule has 0 unspecified atom stereocenters. The molecule has 0 aromatic heterocycles. The topological polar surface area (TPSA) is 64.4 Å². The summed E-state index contributed by atoms with van der Waals surface area (Å²) in [4.78, 5) is 28.8. The maximum atomic E-state index is 12.8. The van der Waals surface area contributed by atoms with Gasteiger partial charge in [0.15, 0.2) is 0 Å². The zero-order chi connectivity index (χ0) is 15.5. The minimum absolute atomic E-state index is 0.0612. The Hall–Kier alpha value is -1.57. The van der Waals surface area contributed by atoms with Crippen molar-refractivity contribution in [3.63, 3.8) is 0 Å². The van der Waals surface area contributed by atoms with Gasteiger partial charge in [0.25, 0.3) is 0 Å². The van der Waals surface area contributed by atoms with Gasteiger partial charge in [-0.25, -0.2) is 0 Å². The van der Waals surface area contributed by atoms with Crippen LogP contribution < -0.4 is 0 Å². The summed E-state index contributed by atoms with van der Waals surface area (Å²) in [5.74, 6) is 1.22. The van der Waals surface area contributed by atoms with E-state index in [9.17, 15) is 9.59 Å². The van der Waals surface area contributed by atoms with Gasteiger partial charge in [0.2, 0.25) is 11.8 Å². The molecule has 3 aliphatic rings. The number of hydrogen-bond donors (Lipinski definition) is 0. The van der Waals surface area contributed by atoms with Crippen molar-refractivity contribution in [3.8, 4) is 6.07 Å². The van der Waals surface area contributed by atoms with Crippen molar-refractivity contribution in [3.05, 3.63) is 0 Å². The quantitative estimate of drug-likeness (QED) is 0.751. The molecule has 5 nitrogen and oxygen atoms in total. The lowest BCUT2D eigenvalue weighted by Crippen LogP contribution is -2.47. The van der Waals surface area contributed by atoms with Crippen molar-refractivity contribution < 1.29 is 9.59 Å². The fourth-order valence-electron chi connectivity index (χ4n) is 3.31. The van der Waals surface area contributed by atoms with Gasteiger partial charge in [-0.3, -0.25) is 9.59 Å². The molecule has 3 rings (SSSR count). The van der Waals surface area contributed by atoms with Crippen LogP contribution in [0.2, 0.25) is 0 Å². The van der Waals surface area contributed by atoms with E-state index in [4.69, 9.17) is 5.26 Å². The molecule has 3 fully saturated rings. The Morgan fingerprint density at radius 3 is 2.55 bits per heavy atom. The fourth-order valence-corrected chi connectivity index (χ4v) is 3.31. The van der Waals surface area contributed by atoms with Crippen LogP contribution in [0.25, 0.3) is 0 Å². The van der Waals surface area contributed by atoms with E-state index in [0.29, 0.717) is 25.4 Å². The summed E-state index contributed by atoms with van der Waals surface area (Å²) in [6, 6.07) is 2.14. The maximum absolute atomic E-state index is 12.8. The Morgan fingerprint density at radius 1 is 1.14 bits per heavy atom. The van der Waals surface area contributed by atoms with Crippen LogP contribution in [0.1, 0.15) is 44.9 Å². The molecule has 1 aliphatic heterocycles. The summed E-state index contributed by atoms with van der Waals surface area (Å²) in [7, 11) is 0. The number of nitriles is 1. The minimum atomic E-state index is -0.0612. The van der Waals surface area contributed by atoms with Gasteiger partial charge in [0, 0.05) is 32.1 Å². The van der Waals surface area contributed by atoms with Crippen molar-refractivity contribution >= 4 is 11.8 Å². The average Bonchev–Trinajstić information content (AvgIpc) is 3.43. The summed E-state index contributed by atoms with van der Waals surface area (Å²) >= 11 is 0. The van der Waals surface area contributed by atoms with E-state index in [2.05, 4.69) is 6.07 Å². The van der Waals surface area contributed by atoms with E-state index < -0.39 is 0 Å². The van der Waals surface area contributed by atoms with E-state index in [0.717, 1.165) is 38.8 Å². The van der Waals surface area contributed by atoms with Crippen LogP contribution in [0.4, 0.5) is 0 Å². The lowest BCUT2D eigenvalue weighted by Gasteiger charge is -2.35. The van der Waals surface area contributed by atoms with Gasteiger partial charge in [-0.05, 0) is 44.4 Å². The third kappa shape index (κ3) is 3.79. The van der Waals surface area contributed by atoms with Crippen LogP contribution >= 0.6 is 0 Å². The molecule has 0 spiro atoms. The Bertz CT molecular complexity index is 477. The van der Waals surface area contributed by atoms with Crippen LogP contribution in [0.5, 0.6) is 0 Å². The van der Waals surface area contributed by atoms with Crippen molar-refractivity contribution in [1.82, 2.24) is 9.80 Å². The number of hydrogen-bond acceptors (Lipinski definition) is 3. The minimum Gasteiger partial charge on any atom is -0.342 e. The summed E-state index contributed by atoms with van der Waals surface area (Å²) in [6.45, 7) is 2.73. The number of piperidine rings is 1. The van der Waals surface area contributed by atoms with Crippen LogP contribution in [0.15, 0.2) is 0 Å². The highest BCUT2D eigenvalue weighted by Crippen LogP contribution is 2.33. The molecule has 1 saturated heterocycles. The summed E-state index contributed by atoms with van der Waals surface area (Å²) in [5, 5.41) is 8.80. The van der Waals surface area contributed by atoms with Crippen LogP contribution in [0, 0.1) is 29.1 Å². The Balaban J connectivity index is 1.58. The molecule has 5 heteroatoms. The number of rotatable bonds is 6. The second kappa shape index (κ2) is 6.68. The molecule has 0 aromatic rings. The van der Waals surface area contributed by atoms with Gasteiger partial charge in [-0.15, -0.1) is 0 Å². The van der Waals surface area contributed by atoms with Crippen molar-refractivity contribution in [1.29, 1.82) is 5.26 Å². The Labute approximate surface area is 132 Å². The summed E-state index contributed by atoms with van der Waals surface area (Å²) < 4.78 is 0. The first-order chi connectivity index (χ1) is 10.7. The third-order valence-electron chi connectivity index (χ3n) is 4.99. The maximum Gasteiger partial charge on any atom is 0.227 e. The fraction of sp³-hybridized carbons (Fsp3) is 0.824. The molecule has 2 amide bonds. The largest absolute Gasteiger partial charge is 0.342 e. The molecule has 0 radical (unpaired) electrons. The molecule has 0 N–H and O–H groups in total. The van der Waals surface area contributed by atoms with E-state index in [1.807, 2.05) is 9.80 Å². The Morgan fingerprint density at radius 2 is 1.91 bits per heavy atom. The first-order valence-electron chi connectivity index (χ1n) is 8.63. The standard InChI is InChI=1S/C17H25N3O2/c18-8-2-10-19(11-13-4-5-13)17(22)15-3-1-9-20(12-15)16(21)14-6-7-14/h13-15H,1-7,9-12H2/t15-/m0/s1. The highest BCUT2D eigenvalue weighted by molar-refractivity contribution is 5.83. The molecule has 22 heavy (non-hydrogen) atoms. The smallest absolute Gasteiger partial charge is 0.227 e. The zero-order valence-corrected chi connectivity index (χ0v) is 13.2. The SMILES string of the molecule is N#CCCN(CC1CC1)C(=O)[C@H]1CCCN(C(=O)C2CC2)C1. The molecule has 0 bridgehead atoms. The van der Waals surface area contributed by atoms with Crippen LogP contribution in [-0.2, 0) is 9.59 Å². The molecule has 1 heterocycles. The van der Waals surface area contributed by atoms with Crippen molar-refractivity contribution in [2.75, 3.05) is 26.2 Å². The van der Waals surface area contributed by atoms with Gasteiger partial charge in [-0.2, -0.15) is 5.26 Å². The zero-order valence-electron chi connectivity index (χ0n) is 13.2. The predicted octanol–water partition coefficient (Wildman–Crippen LogP) is 1.79. The van der Waals surface area contributed by atoms with Gasteiger partial charge >= 0.3 is 0 Å². The van der Waals surface area contributed by atoms with Crippen LogP contribution in [-0.4, -0.2) is 47.8 Å². The molecular formula is C17H25N3O2. The lowest BCUT2D eigenvalue weighted by molar-refractivity contribution is -0.141. The van der Waals surface area contributed by atoms with Gasteiger partial charge in [0.1, 0.15) is 0 Å². The second-order valence-corrected chi connectivity index (χ2v) is 7.03. The van der Waals surface area contributed by atoms with Crippen molar-refractivity contribution in [2.45, 2.75) is 44.9 Å². The monoisotopic (exact) mass is 303 g/mol. The summed E-state index contributed by atoms with van der Waals surface area (Å²) in [5.41, 5.74) is 0. The Kier molecular flexibility index (Phi) is 4.66. The predicted molar refractivity (Wildman–Crippen MR) is 81.6 cm³/mol. The number of amides is 2. The molecule has 1 atom stereocenters.